The Morgan fingerprint density at radius 3 is 2.85 bits per heavy atom. The second kappa shape index (κ2) is 13.9. The van der Waals surface area contributed by atoms with Crippen LogP contribution < -0.4 is 9.64 Å². The number of hydrogen-bond donors (Lipinski definition) is 1. The van der Waals surface area contributed by atoms with E-state index < -0.39 is 0 Å². The second-order valence-corrected chi connectivity index (χ2v) is 13.6. The van der Waals surface area contributed by atoms with E-state index in [0.29, 0.717) is 50.6 Å². The lowest BCUT2D eigenvalue weighted by atomic mass is 9.95. The largest absolute Gasteiger partial charge is 0.462 e. The minimum Gasteiger partial charge on any atom is -0.462 e. The number of anilines is 1. The molecule has 1 unspecified atom stereocenters. The maximum Gasteiger partial charge on any atom is 0.318 e. The number of fused-ring (bicyclic) bond motifs is 2. The number of carbonyl (C=O) groups excluding carboxylic acids is 1. The third kappa shape index (κ3) is 6.69. The summed E-state index contributed by atoms with van der Waals surface area (Å²) < 4.78 is 6.32. The van der Waals surface area contributed by atoms with Crippen LogP contribution in [0.25, 0.3) is 0 Å². The molecule has 0 radical (unpaired) electrons. The monoisotopic (exact) mass is 624 g/mol. The van der Waals surface area contributed by atoms with Gasteiger partial charge in [-0.25, -0.2) is 4.98 Å². The van der Waals surface area contributed by atoms with Gasteiger partial charge in [0.15, 0.2) is 0 Å². The number of imidazole rings is 1. The fourth-order valence-corrected chi connectivity index (χ4v) is 8.06. The fourth-order valence-electron chi connectivity index (χ4n) is 8.06. The molecule has 10 heteroatoms. The van der Waals surface area contributed by atoms with Crippen molar-refractivity contribution in [2.75, 3.05) is 51.3 Å². The molecule has 0 spiro atoms. The standard InChI is InChI=1S/C36H48N8O2/c1-3-34(45)44-20-19-43(22-29(44)21-33-37-15-16-38-33)35-31-23-42(18-7-6-10-27-14-13-26-9-4-5-12-30(26)27)24-32(31)39-36(40-35)46-25-28-11-8-17-41(28)2/h3-5,9,12,15-16,27-29H,1,6-8,10-11,13-14,17-25H2,2H3,(H,37,38)/t27?,28-,29-/m0/s1. The number of unbranched alkanes of at least 4 members (excludes halogenated alkanes) is 1. The summed E-state index contributed by atoms with van der Waals surface area (Å²) in [6.45, 7) is 10.2. The average Bonchev–Trinajstić information content (AvgIpc) is 3.89. The summed E-state index contributed by atoms with van der Waals surface area (Å²) in [4.78, 5) is 39.7. The summed E-state index contributed by atoms with van der Waals surface area (Å²) in [5, 5.41) is 0. The van der Waals surface area contributed by atoms with Gasteiger partial charge < -0.3 is 24.4 Å². The van der Waals surface area contributed by atoms with Gasteiger partial charge in [0, 0.05) is 63.1 Å². The number of likely N-dealkylation sites (N-methyl/N-ethyl adjacent to an activating group) is 1. The van der Waals surface area contributed by atoms with Crippen LogP contribution >= 0.6 is 0 Å². The van der Waals surface area contributed by atoms with Crippen LogP contribution in [0.1, 0.15) is 72.7 Å². The van der Waals surface area contributed by atoms with Crippen molar-refractivity contribution < 1.29 is 9.53 Å². The predicted molar refractivity (Wildman–Crippen MR) is 179 cm³/mol. The quantitative estimate of drug-likeness (QED) is 0.235. The molecule has 3 atom stereocenters. The molecule has 0 bridgehead atoms. The van der Waals surface area contributed by atoms with Gasteiger partial charge >= 0.3 is 6.01 Å². The van der Waals surface area contributed by atoms with Gasteiger partial charge in [-0.05, 0) is 81.8 Å². The van der Waals surface area contributed by atoms with E-state index >= 15 is 0 Å². The number of rotatable bonds is 12. The van der Waals surface area contributed by atoms with Gasteiger partial charge in [0.2, 0.25) is 5.91 Å². The number of nitrogens with zero attached hydrogens (tertiary/aromatic N) is 7. The van der Waals surface area contributed by atoms with E-state index in [9.17, 15) is 4.79 Å². The summed E-state index contributed by atoms with van der Waals surface area (Å²) in [6.07, 6.45) is 14.2. The molecular weight excluding hydrogens is 576 g/mol. The smallest absolute Gasteiger partial charge is 0.318 e. The summed E-state index contributed by atoms with van der Waals surface area (Å²) in [6, 6.07) is 9.82. The van der Waals surface area contributed by atoms with Gasteiger partial charge in [-0.1, -0.05) is 37.3 Å². The van der Waals surface area contributed by atoms with Gasteiger partial charge in [-0.2, -0.15) is 9.97 Å². The van der Waals surface area contributed by atoms with Gasteiger partial charge in [0.05, 0.1) is 11.7 Å². The van der Waals surface area contributed by atoms with Crippen LogP contribution in [0.4, 0.5) is 5.82 Å². The lowest BCUT2D eigenvalue weighted by Gasteiger charge is -2.42. The first-order chi connectivity index (χ1) is 22.6. The average molecular weight is 625 g/mol. The third-order valence-electron chi connectivity index (χ3n) is 10.6. The van der Waals surface area contributed by atoms with Crippen LogP contribution in [0, 0.1) is 0 Å². The van der Waals surface area contributed by atoms with Crippen molar-refractivity contribution in [1.82, 2.24) is 34.6 Å². The lowest BCUT2D eigenvalue weighted by molar-refractivity contribution is -0.128. The highest BCUT2D eigenvalue weighted by Gasteiger charge is 2.35. The first kappa shape index (κ1) is 30.9. The van der Waals surface area contributed by atoms with Crippen LogP contribution in [0.5, 0.6) is 6.01 Å². The van der Waals surface area contributed by atoms with E-state index in [1.54, 1.807) is 17.3 Å². The Kier molecular flexibility index (Phi) is 9.35. The maximum absolute atomic E-state index is 12.8. The molecule has 0 saturated carbocycles. The SMILES string of the molecule is C=CC(=O)N1CCN(c2nc(OC[C@@H]3CCCN3C)nc3c2CN(CCCCC2CCc4ccccc42)C3)C[C@@H]1Cc1ncc[nH]1. The Hall–Kier alpha value is -3.76. The second-order valence-electron chi connectivity index (χ2n) is 13.6. The Morgan fingerprint density at radius 2 is 2.02 bits per heavy atom. The van der Waals surface area contributed by atoms with Gasteiger partial charge in [0.25, 0.3) is 0 Å². The molecule has 3 aromatic rings. The molecule has 7 rings (SSSR count). The number of hydrogen-bond acceptors (Lipinski definition) is 8. The number of carbonyl (C=O) groups is 1. The van der Waals surface area contributed by atoms with E-state index in [1.807, 2.05) is 11.1 Å². The molecule has 1 aromatic carbocycles. The molecule has 2 saturated heterocycles. The normalized spacial score (nSPS) is 23.1. The summed E-state index contributed by atoms with van der Waals surface area (Å²) in [5.74, 6) is 2.50. The van der Waals surface area contributed by atoms with Crippen molar-refractivity contribution in [2.45, 2.75) is 82.5 Å². The number of amides is 1. The van der Waals surface area contributed by atoms with E-state index in [1.165, 1.54) is 50.2 Å². The Bertz CT molecular complexity index is 1510. The van der Waals surface area contributed by atoms with Crippen LogP contribution in [0.3, 0.4) is 0 Å². The number of H-pyrrole nitrogens is 1. The minimum atomic E-state index is -0.0502. The molecule has 2 fully saturated rings. The fraction of sp³-hybridized carbons (Fsp3) is 0.556. The number of piperazine rings is 1. The van der Waals surface area contributed by atoms with Crippen molar-refractivity contribution in [3.8, 4) is 6.01 Å². The van der Waals surface area contributed by atoms with Crippen molar-refractivity contribution in [3.05, 3.63) is 77.5 Å². The van der Waals surface area contributed by atoms with Crippen LogP contribution in [0.2, 0.25) is 0 Å². The Morgan fingerprint density at radius 1 is 1.11 bits per heavy atom. The summed E-state index contributed by atoms with van der Waals surface area (Å²) >= 11 is 0. The molecule has 244 valence electrons. The number of aromatic nitrogens is 4. The molecule has 5 heterocycles. The van der Waals surface area contributed by atoms with Crippen LogP contribution in [0.15, 0.2) is 49.3 Å². The number of likely N-dealkylation sites (tertiary alicyclic amines) is 1. The first-order valence-electron chi connectivity index (χ1n) is 17.2. The molecule has 2 aromatic heterocycles. The molecule has 1 amide bonds. The van der Waals surface area contributed by atoms with Crippen molar-refractivity contribution in [3.63, 3.8) is 0 Å². The number of benzene rings is 1. The van der Waals surface area contributed by atoms with Crippen LogP contribution in [-0.2, 0) is 30.7 Å². The molecule has 3 aliphatic heterocycles. The van der Waals surface area contributed by atoms with E-state index in [2.05, 4.69) is 62.6 Å². The maximum atomic E-state index is 12.8. The number of ether oxygens (including phenoxy) is 1. The van der Waals surface area contributed by atoms with Crippen molar-refractivity contribution >= 4 is 11.7 Å². The molecule has 1 aliphatic carbocycles. The number of nitrogens with one attached hydrogen (secondary N) is 1. The highest BCUT2D eigenvalue weighted by Crippen LogP contribution is 2.37. The van der Waals surface area contributed by atoms with E-state index in [0.717, 1.165) is 49.9 Å². The van der Waals surface area contributed by atoms with E-state index in [4.69, 9.17) is 14.7 Å². The van der Waals surface area contributed by atoms with Crippen molar-refractivity contribution in [2.24, 2.45) is 0 Å². The molecular formula is C36H48N8O2. The first-order valence-corrected chi connectivity index (χ1v) is 17.2. The topological polar surface area (TPSA) is 93.7 Å². The summed E-state index contributed by atoms with van der Waals surface area (Å²) in [5.41, 5.74) is 5.41. The highest BCUT2D eigenvalue weighted by molar-refractivity contribution is 5.87. The van der Waals surface area contributed by atoms with Gasteiger partial charge in [-0.3, -0.25) is 9.69 Å². The number of aromatic amines is 1. The molecule has 10 nitrogen and oxygen atoms in total. The zero-order valence-corrected chi connectivity index (χ0v) is 27.2. The number of aryl methyl sites for hydroxylation is 1. The zero-order valence-electron chi connectivity index (χ0n) is 27.2. The zero-order chi connectivity index (χ0) is 31.5. The highest BCUT2D eigenvalue weighted by atomic mass is 16.5. The minimum absolute atomic E-state index is 0.0407. The Labute approximate surface area is 272 Å². The molecule has 46 heavy (non-hydrogen) atoms. The molecule has 4 aliphatic rings. The van der Waals surface area contributed by atoms with Gasteiger partial charge in [-0.15, -0.1) is 0 Å². The summed E-state index contributed by atoms with van der Waals surface area (Å²) in [7, 11) is 2.17. The third-order valence-corrected chi connectivity index (χ3v) is 10.6. The van der Waals surface area contributed by atoms with Crippen LogP contribution in [-0.4, -0.2) is 99.0 Å². The predicted octanol–water partition coefficient (Wildman–Crippen LogP) is 4.33. The van der Waals surface area contributed by atoms with Gasteiger partial charge in [0.1, 0.15) is 18.2 Å². The lowest BCUT2D eigenvalue weighted by Crippen LogP contribution is -2.56. The molecule has 1 N–H and O–H groups in total. The van der Waals surface area contributed by atoms with E-state index in [-0.39, 0.29) is 11.9 Å². The van der Waals surface area contributed by atoms with Crippen molar-refractivity contribution in [1.29, 1.82) is 0 Å². The Balaban J connectivity index is 1.05.